The molecule has 0 unspecified atom stereocenters. The van der Waals surface area contributed by atoms with Crippen LogP contribution in [0.5, 0.6) is 0 Å². The first kappa shape index (κ1) is 21.9. The van der Waals surface area contributed by atoms with Crippen molar-refractivity contribution in [2.45, 2.75) is 38.6 Å². The Hall–Kier alpha value is -2.38. The van der Waals surface area contributed by atoms with Gasteiger partial charge in [0.15, 0.2) is 0 Å². The Morgan fingerprint density at radius 2 is 1.68 bits per heavy atom. The minimum Gasteiger partial charge on any atom is -0.383 e. The molecule has 0 heterocycles. The van der Waals surface area contributed by atoms with Crippen LogP contribution in [0.1, 0.15) is 23.6 Å². The maximum absolute atomic E-state index is 13.4. The van der Waals surface area contributed by atoms with Gasteiger partial charge >= 0.3 is 0 Å². The second kappa shape index (κ2) is 9.21. The molecule has 2 aromatic carbocycles. The van der Waals surface area contributed by atoms with Crippen molar-refractivity contribution in [3.05, 3.63) is 59.2 Å². The van der Waals surface area contributed by atoms with Crippen LogP contribution in [-0.4, -0.2) is 40.6 Å². The van der Waals surface area contributed by atoms with Gasteiger partial charge in [-0.3, -0.25) is 9.10 Å². The van der Waals surface area contributed by atoms with E-state index in [4.69, 9.17) is 4.74 Å². The molecule has 2 aromatic rings. The van der Waals surface area contributed by atoms with Crippen LogP contribution < -0.4 is 9.62 Å². The zero-order valence-corrected chi connectivity index (χ0v) is 17.8. The number of nitrogens with zero attached hydrogens (tertiary/aromatic N) is 1. The van der Waals surface area contributed by atoms with Crippen LogP contribution in [0.2, 0.25) is 0 Å². The molecule has 0 saturated carbocycles. The van der Waals surface area contributed by atoms with E-state index in [1.54, 1.807) is 44.4 Å². The topological polar surface area (TPSA) is 75.7 Å². The molecule has 1 amide bonds. The maximum atomic E-state index is 13.4. The minimum atomic E-state index is -3.91. The maximum Gasteiger partial charge on any atom is 0.264 e. The Morgan fingerprint density at radius 3 is 2.29 bits per heavy atom. The molecule has 6 nitrogen and oxygen atoms in total. The number of amides is 1. The first-order chi connectivity index (χ1) is 13.1. The van der Waals surface area contributed by atoms with Gasteiger partial charge in [-0.15, -0.1) is 0 Å². The molecule has 0 aliphatic heterocycles. The van der Waals surface area contributed by atoms with Crippen LogP contribution in [0.25, 0.3) is 0 Å². The lowest BCUT2D eigenvalue weighted by molar-refractivity contribution is -0.120. The van der Waals surface area contributed by atoms with E-state index < -0.39 is 10.0 Å². The fourth-order valence-corrected chi connectivity index (χ4v) is 4.35. The SMILES string of the molecule is COC[C@H](C)NC(=O)CN(c1cc(C)ccc1C)S(=O)(=O)c1ccc(C)cc1. The van der Waals surface area contributed by atoms with Crippen LogP contribution in [0.3, 0.4) is 0 Å². The van der Waals surface area contributed by atoms with Gasteiger partial charge in [-0.1, -0.05) is 29.8 Å². The number of nitrogens with one attached hydrogen (secondary N) is 1. The molecule has 0 aliphatic carbocycles. The lowest BCUT2D eigenvalue weighted by atomic mass is 10.1. The van der Waals surface area contributed by atoms with Crippen molar-refractivity contribution >= 4 is 21.6 Å². The van der Waals surface area contributed by atoms with Crippen molar-refractivity contribution in [1.82, 2.24) is 5.32 Å². The third-order valence-electron chi connectivity index (χ3n) is 4.35. The van der Waals surface area contributed by atoms with E-state index in [0.717, 1.165) is 16.7 Å². The smallest absolute Gasteiger partial charge is 0.264 e. The number of carbonyl (C=O) groups is 1. The summed E-state index contributed by atoms with van der Waals surface area (Å²) in [4.78, 5) is 12.7. The Balaban J connectivity index is 2.45. The molecular weight excluding hydrogens is 376 g/mol. The van der Waals surface area contributed by atoms with Crippen LogP contribution >= 0.6 is 0 Å². The number of aryl methyl sites for hydroxylation is 3. The van der Waals surface area contributed by atoms with Crippen LogP contribution in [-0.2, 0) is 19.6 Å². The van der Waals surface area contributed by atoms with Crippen molar-refractivity contribution in [3.8, 4) is 0 Å². The normalized spacial score (nSPS) is 12.5. The summed E-state index contributed by atoms with van der Waals surface area (Å²) in [5.41, 5.74) is 3.15. The number of rotatable bonds is 8. The Bertz CT molecular complexity index is 924. The van der Waals surface area contributed by atoms with Gasteiger partial charge in [0.05, 0.1) is 17.2 Å². The average molecular weight is 405 g/mol. The van der Waals surface area contributed by atoms with E-state index in [1.165, 1.54) is 4.31 Å². The molecule has 0 fully saturated rings. The molecule has 0 radical (unpaired) electrons. The predicted octanol–water partition coefficient (Wildman–Crippen LogP) is 2.96. The number of carbonyl (C=O) groups excluding carboxylic acids is 1. The van der Waals surface area contributed by atoms with E-state index in [0.29, 0.717) is 12.3 Å². The molecule has 0 aliphatic rings. The zero-order valence-electron chi connectivity index (χ0n) is 17.0. The number of methoxy groups -OCH3 is 1. The van der Waals surface area contributed by atoms with Crippen molar-refractivity contribution < 1.29 is 17.9 Å². The number of sulfonamides is 1. The number of ether oxygens (including phenoxy) is 1. The highest BCUT2D eigenvalue weighted by atomic mass is 32.2. The van der Waals surface area contributed by atoms with Crippen molar-refractivity contribution in [2.75, 3.05) is 24.6 Å². The summed E-state index contributed by atoms with van der Waals surface area (Å²) in [6.45, 7) is 7.45. The Kier molecular flexibility index (Phi) is 7.21. The third-order valence-corrected chi connectivity index (χ3v) is 6.13. The van der Waals surface area contributed by atoms with E-state index in [1.807, 2.05) is 32.9 Å². The summed E-state index contributed by atoms with van der Waals surface area (Å²) in [7, 11) is -2.36. The highest BCUT2D eigenvalue weighted by Gasteiger charge is 2.28. The summed E-state index contributed by atoms with van der Waals surface area (Å²) in [5, 5.41) is 2.78. The highest BCUT2D eigenvalue weighted by molar-refractivity contribution is 7.92. The number of hydrogen-bond donors (Lipinski definition) is 1. The minimum absolute atomic E-state index is 0.150. The van der Waals surface area contributed by atoms with Crippen LogP contribution in [0.15, 0.2) is 47.4 Å². The van der Waals surface area contributed by atoms with Gasteiger partial charge in [0.1, 0.15) is 6.54 Å². The monoisotopic (exact) mass is 404 g/mol. The molecular formula is C21H28N2O4S. The first-order valence-corrected chi connectivity index (χ1v) is 10.5. The van der Waals surface area contributed by atoms with Gasteiger partial charge < -0.3 is 10.1 Å². The van der Waals surface area contributed by atoms with E-state index >= 15 is 0 Å². The largest absolute Gasteiger partial charge is 0.383 e. The second-order valence-electron chi connectivity index (χ2n) is 7.04. The summed E-state index contributed by atoms with van der Waals surface area (Å²) in [5.74, 6) is -0.388. The standard InChI is InChI=1S/C21H28N2O4S/c1-15-7-10-19(11-8-15)28(25,26)23(13-21(24)22-18(4)14-27-5)20-12-16(2)6-9-17(20)3/h6-12,18H,13-14H2,1-5H3,(H,22,24)/t18-/m0/s1. The Morgan fingerprint density at radius 1 is 1.07 bits per heavy atom. The van der Waals surface area contributed by atoms with Crippen LogP contribution in [0.4, 0.5) is 5.69 Å². The van der Waals surface area contributed by atoms with Crippen molar-refractivity contribution in [3.63, 3.8) is 0 Å². The van der Waals surface area contributed by atoms with Gasteiger partial charge in [-0.25, -0.2) is 8.42 Å². The molecule has 0 saturated heterocycles. The molecule has 0 aromatic heterocycles. The fraction of sp³-hybridized carbons (Fsp3) is 0.381. The second-order valence-corrected chi connectivity index (χ2v) is 8.90. The molecule has 152 valence electrons. The molecule has 1 N–H and O–H groups in total. The van der Waals surface area contributed by atoms with Gasteiger partial charge in [-0.2, -0.15) is 0 Å². The van der Waals surface area contributed by atoms with Gasteiger partial charge in [0.2, 0.25) is 5.91 Å². The van der Waals surface area contributed by atoms with Gasteiger partial charge in [0, 0.05) is 13.2 Å². The van der Waals surface area contributed by atoms with Gasteiger partial charge in [-0.05, 0) is 57.0 Å². The van der Waals surface area contributed by atoms with Crippen molar-refractivity contribution in [1.29, 1.82) is 0 Å². The lowest BCUT2D eigenvalue weighted by Gasteiger charge is -2.26. The van der Waals surface area contributed by atoms with E-state index in [9.17, 15) is 13.2 Å². The molecule has 0 spiro atoms. The fourth-order valence-electron chi connectivity index (χ4n) is 2.87. The van der Waals surface area contributed by atoms with Crippen molar-refractivity contribution in [2.24, 2.45) is 0 Å². The molecule has 0 bridgehead atoms. The molecule has 7 heteroatoms. The molecule has 28 heavy (non-hydrogen) atoms. The zero-order chi connectivity index (χ0) is 20.9. The van der Waals surface area contributed by atoms with E-state index in [-0.39, 0.29) is 23.4 Å². The lowest BCUT2D eigenvalue weighted by Crippen LogP contribution is -2.45. The number of anilines is 1. The predicted molar refractivity (Wildman–Crippen MR) is 111 cm³/mol. The number of benzene rings is 2. The summed E-state index contributed by atoms with van der Waals surface area (Å²) in [6, 6.07) is 11.9. The third kappa shape index (κ3) is 5.33. The van der Waals surface area contributed by atoms with Crippen LogP contribution in [0, 0.1) is 20.8 Å². The Labute approximate surface area is 167 Å². The average Bonchev–Trinajstić information content (AvgIpc) is 2.62. The molecule has 1 atom stereocenters. The van der Waals surface area contributed by atoms with Gasteiger partial charge in [0.25, 0.3) is 10.0 Å². The summed E-state index contributed by atoms with van der Waals surface area (Å²) < 4.78 is 33.0. The molecule has 2 rings (SSSR count). The first-order valence-electron chi connectivity index (χ1n) is 9.10. The quantitative estimate of drug-likeness (QED) is 0.734. The number of hydrogen-bond acceptors (Lipinski definition) is 4. The summed E-state index contributed by atoms with van der Waals surface area (Å²) in [6.07, 6.45) is 0. The highest BCUT2D eigenvalue weighted by Crippen LogP contribution is 2.28. The summed E-state index contributed by atoms with van der Waals surface area (Å²) >= 11 is 0. The van der Waals surface area contributed by atoms with E-state index in [2.05, 4.69) is 5.32 Å².